The maximum atomic E-state index is 12.3. The van der Waals surface area contributed by atoms with E-state index in [0.717, 1.165) is 0 Å². The number of nitrogens with two attached hydrogens (primary N) is 2. The van der Waals surface area contributed by atoms with Gasteiger partial charge in [-0.1, -0.05) is 6.42 Å². The minimum Gasteiger partial charge on any atom is -0.480 e. The number of aliphatic hydroxyl groups is 1. The number of nitrogens with one attached hydrogen (secondary N) is 3. The molecule has 12 heteroatoms. The summed E-state index contributed by atoms with van der Waals surface area (Å²) in [6.45, 7) is 1.15. The quantitative estimate of drug-likeness (QED) is 0.116. The van der Waals surface area contributed by atoms with Crippen LogP contribution in [-0.2, 0) is 19.2 Å². The van der Waals surface area contributed by atoms with Crippen molar-refractivity contribution >= 4 is 36.3 Å². The molecule has 0 aliphatic rings. The Kier molecular flexibility index (Phi) is 12.4. The summed E-state index contributed by atoms with van der Waals surface area (Å²) < 4.78 is 0. The number of rotatable bonds is 13. The van der Waals surface area contributed by atoms with Crippen molar-refractivity contribution in [2.24, 2.45) is 11.5 Å². The van der Waals surface area contributed by atoms with Crippen LogP contribution in [0.1, 0.15) is 26.2 Å². The summed E-state index contributed by atoms with van der Waals surface area (Å²) >= 11 is 3.94. The van der Waals surface area contributed by atoms with Crippen molar-refractivity contribution in [1.29, 1.82) is 0 Å². The summed E-state index contributed by atoms with van der Waals surface area (Å²) in [4.78, 5) is 46.8. The molecule has 0 heterocycles. The van der Waals surface area contributed by atoms with E-state index in [2.05, 4.69) is 28.6 Å². The van der Waals surface area contributed by atoms with Crippen LogP contribution in [0.2, 0.25) is 0 Å². The SMILES string of the molecule is CC(O)C(NC(=O)C(N)CCCCN)C(=O)NC(CS)C(=O)NCC(=O)O. The number of hydrogen-bond donors (Lipinski definition) is 8. The normalized spacial score (nSPS) is 15.1. The molecule has 0 aromatic carbocycles. The molecular weight excluding hydrogens is 378 g/mol. The zero-order valence-corrected chi connectivity index (χ0v) is 16.1. The Morgan fingerprint density at radius 1 is 1.07 bits per heavy atom. The van der Waals surface area contributed by atoms with E-state index >= 15 is 0 Å². The van der Waals surface area contributed by atoms with Gasteiger partial charge in [-0.15, -0.1) is 0 Å². The highest BCUT2D eigenvalue weighted by Gasteiger charge is 2.30. The lowest BCUT2D eigenvalue weighted by molar-refractivity contribution is -0.138. The number of carboxylic acid groups (broad SMARTS) is 1. The van der Waals surface area contributed by atoms with Crippen molar-refractivity contribution in [2.75, 3.05) is 18.8 Å². The first-order valence-electron chi connectivity index (χ1n) is 8.48. The Hall–Kier alpha value is -1.89. The van der Waals surface area contributed by atoms with Crippen LogP contribution in [-0.4, -0.2) is 77.0 Å². The molecule has 0 aromatic heterocycles. The summed E-state index contributed by atoms with van der Waals surface area (Å²) in [5.74, 6) is -3.56. The lowest BCUT2D eigenvalue weighted by Crippen LogP contribution is -2.59. The summed E-state index contributed by atoms with van der Waals surface area (Å²) in [6, 6.07) is -3.35. The van der Waals surface area contributed by atoms with Gasteiger partial charge in [-0.25, -0.2) is 0 Å². The van der Waals surface area contributed by atoms with E-state index in [9.17, 15) is 24.3 Å². The Morgan fingerprint density at radius 3 is 2.19 bits per heavy atom. The van der Waals surface area contributed by atoms with Crippen molar-refractivity contribution in [3.8, 4) is 0 Å². The molecule has 11 nitrogen and oxygen atoms in total. The molecule has 156 valence electrons. The number of aliphatic carboxylic acids is 1. The summed E-state index contributed by atoms with van der Waals surface area (Å²) in [5, 5.41) is 25.1. The van der Waals surface area contributed by atoms with E-state index < -0.39 is 54.5 Å². The molecule has 3 amide bonds. The van der Waals surface area contributed by atoms with E-state index in [-0.39, 0.29) is 5.75 Å². The molecule has 0 saturated heterocycles. The highest BCUT2D eigenvalue weighted by Crippen LogP contribution is 2.01. The lowest BCUT2D eigenvalue weighted by Gasteiger charge is -2.25. The fourth-order valence-corrected chi connectivity index (χ4v) is 2.30. The Balaban J connectivity index is 4.83. The first-order chi connectivity index (χ1) is 12.6. The average molecular weight is 407 g/mol. The molecular formula is C15H29N5O6S. The zero-order chi connectivity index (χ0) is 21.0. The first kappa shape index (κ1) is 25.1. The second-order valence-corrected chi connectivity index (χ2v) is 6.34. The molecule has 27 heavy (non-hydrogen) atoms. The second-order valence-electron chi connectivity index (χ2n) is 5.97. The summed E-state index contributed by atoms with van der Waals surface area (Å²) in [7, 11) is 0. The third kappa shape index (κ3) is 10.1. The van der Waals surface area contributed by atoms with Crippen LogP contribution in [0.25, 0.3) is 0 Å². The number of thiol groups is 1. The van der Waals surface area contributed by atoms with Gasteiger partial charge in [0.25, 0.3) is 0 Å². The minimum atomic E-state index is -1.34. The van der Waals surface area contributed by atoms with Crippen LogP contribution in [0.15, 0.2) is 0 Å². The Morgan fingerprint density at radius 2 is 1.70 bits per heavy atom. The smallest absolute Gasteiger partial charge is 0.322 e. The number of amides is 3. The van der Waals surface area contributed by atoms with Crippen LogP contribution in [0.3, 0.4) is 0 Å². The highest BCUT2D eigenvalue weighted by atomic mass is 32.1. The van der Waals surface area contributed by atoms with Gasteiger partial charge in [0.2, 0.25) is 17.7 Å². The third-order valence-corrected chi connectivity index (χ3v) is 3.96. The van der Waals surface area contributed by atoms with Gasteiger partial charge in [-0.3, -0.25) is 19.2 Å². The number of hydrogen-bond acceptors (Lipinski definition) is 8. The van der Waals surface area contributed by atoms with Crippen molar-refractivity contribution < 1.29 is 29.4 Å². The molecule has 4 unspecified atom stereocenters. The predicted octanol–water partition coefficient (Wildman–Crippen LogP) is -3.08. The maximum Gasteiger partial charge on any atom is 0.322 e. The van der Waals surface area contributed by atoms with Gasteiger partial charge >= 0.3 is 5.97 Å². The minimum absolute atomic E-state index is 0.115. The highest BCUT2D eigenvalue weighted by molar-refractivity contribution is 7.80. The Labute approximate surface area is 163 Å². The van der Waals surface area contributed by atoms with Gasteiger partial charge in [-0.05, 0) is 26.3 Å². The van der Waals surface area contributed by atoms with Crippen molar-refractivity contribution in [2.45, 2.75) is 50.4 Å². The number of carbonyl (C=O) groups is 4. The number of carbonyl (C=O) groups excluding carboxylic acids is 3. The first-order valence-corrected chi connectivity index (χ1v) is 9.12. The third-order valence-electron chi connectivity index (χ3n) is 3.60. The molecule has 0 bridgehead atoms. The fourth-order valence-electron chi connectivity index (χ4n) is 2.05. The lowest BCUT2D eigenvalue weighted by atomic mass is 10.1. The largest absolute Gasteiger partial charge is 0.480 e. The van der Waals surface area contributed by atoms with Crippen LogP contribution in [0, 0.1) is 0 Å². The number of carboxylic acids is 1. The number of unbranched alkanes of at least 4 members (excludes halogenated alkanes) is 1. The number of aliphatic hydroxyl groups excluding tert-OH is 1. The van der Waals surface area contributed by atoms with Gasteiger partial charge in [0.05, 0.1) is 12.1 Å². The van der Waals surface area contributed by atoms with E-state index in [4.69, 9.17) is 16.6 Å². The van der Waals surface area contributed by atoms with Crippen LogP contribution >= 0.6 is 12.6 Å². The standard InChI is InChI=1S/C15H29N5O6S/c1-8(21)12(20-13(24)9(17)4-2-3-5-16)15(26)19-10(7-27)14(25)18-6-11(22)23/h8-10,12,21,27H,2-7,16-17H2,1H3,(H,18,25)(H,19,26)(H,20,24)(H,22,23). The zero-order valence-electron chi connectivity index (χ0n) is 15.2. The fraction of sp³-hybridized carbons (Fsp3) is 0.733. The van der Waals surface area contributed by atoms with E-state index in [1.54, 1.807) is 0 Å². The summed E-state index contributed by atoms with van der Waals surface area (Å²) in [6.07, 6.45) is 0.458. The monoisotopic (exact) mass is 407 g/mol. The van der Waals surface area contributed by atoms with E-state index in [1.807, 2.05) is 0 Å². The van der Waals surface area contributed by atoms with Crippen molar-refractivity contribution in [1.82, 2.24) is 16.0 Å². The van der Waals surface area contributed by atoms with E-state index in [0.29, 0.717) is 25.8 Å². The van der Waals surface area contributed by atoms with Crippen LogP contribution in [0.4, 0.5) is 0 Å². The molecule has 0 saturated carbocycles. The molecule has 4 atom stereocenters. The van der Waals surface area contributed by atoms with Crippen LogP contribution < -0.4 is 27.4 Å². The molecule has 0 radical (unpaired) electrons. The molecule has 9 N–H and O–H groups in total. The molecule has 0 aromatic rings. The van der Waals surface area contributed by atoms with Gasteiger partial charge < -0.3 is 37.6 Å². The van der Waals surface area contributed by atoms with Crippen molar-refractivity contribution in [3.63, 3.8) is 0 Å². The van der Waals surface area contributed by atoms with Crippen LogP contribution in [0.5, 0.6) is 0 Å². The van der Waals surface area contributed by atoms with Crippen molar-refractivity contribution in [3.05, 3.63) is 0 Å². The molecule has 0 aliphatic heterocycles. The van der Waals surface area contributed by atoms with Gasteiger partial charge in [-0.2, -0.15) is 12.6 Å². The molecule has 0 fully saturated rings. The maximum absolute atomic E-state index is 12.3. The molecule has 0 rings (SSSR count). The second kappa shape index (κ2) is 13.3. The topological polar surface area (TPSA) is 197 Å². The summed E-state index contributed by atoms with van der Waals surface area (Å²) in [5.41, 5.74) is 11.1. The predicted molar refractivity (Wildman–Crippen MR) is 101 cm³/mol. The van der Waals surface area contributed by atoms with Gasteiger partial charge in [0.15, 0.2) is 0 Å². The average Bonchev–Trinajstić information content (AvgIpc) is 2.61. The molecule has 0 spiro atoms. The molecule has 0 aliphatic carbocycles. The van der Waals surface area contributed by atoms with E-state index in [1.165, 1.54) is 6.92 Å². The van der Waals surface area contributed by atoms with Gasteiger partial charge in [0, 0.05) is 5.75 Å². The van der Waals surface area contributed by atoms with Gasteiger partial charge in [0.1, 0.15) is 18.6 Å². The Bertz CT molecular complexity index is 519.